The third kappa shape index (κ3) is 6.44. The zero-order valence-corrected chi connectivity index (χ0v) is 11.2. The number of hydrogen-bond donors (Lipinski definition) is 2. The van der Waals surface area contributed by atoms with E-state index in [1.54, 1.807) is 0 Å². The van der Waals surface area contributed by atoms with Crippen molar-refractivity contribution in [2.24, 2.45) is 11.1 Å². The molecule has 17 heavy (non-hydrogen) atoms. The number of benzene rings is 1. The van der Waals surface area contributed by atoms with Gasteiger partial charge in [-0.25, -0.2) is 0 Å². The smallest absolute Gasteiger partial charge is 0.0205 e. The van der Waals surface area contributed by atoms with Gasteiger partial charge in [-0.05, 0) is 43.3 Å². The molecule has 0 radical (unpaired) electrons. The molecule has 0 aromatic heterocycles. The van der Waals surface area contributed by atoms with Crippen molar-refractivity contribution in [3.63, 3.8) is 0 Å². The van der Waals surface area contributed by atoms with Crippen LogP contribution < -0.4 is 11.1 Å². The lowest BCUT2D eigenvalue weighted by Gasteiger charge is -2.23. The predicted molar refractivity (Wildman–Crippen MR) is 74.8 cm³/mol. The van der Waals surface area contributed by atoms with Gasteiger partial charge in [0, 0.05) is 6.54 Å². The van der Waals surface area contributed by atoms with Crippen LogP contribution in [0.25, 0.3) is 0 Å². The lowest BCUT2D eigenvalue weighted by Crippen LogP contribution is -2.20. The Balaban J connectivity index is 2.09. The molecule has 0 aliphatic carbocycles. The topological polar surface area (TPSA) is 38.0 Å². The Kier molecular flexibility index (Phi) is 6.23. The van der Waals surface area contributed by atoms with Gasteiger partial charge in [0.2, 0.25) is 0 Å². The fourth-order valence-electron chi connectivity index (χ4n) is 2.04. The Morgan fingerprint density at radius 2 is 1.82 bits per heavy atom. The molecule has 0 heterocycles. The summed E-state index contributed by atoms with van der Waals surface area (Å²) in [6.07, 6.45) is 3.58. The molecule has 2 heteroatoms. The van der Waals surface area contributed by atoms with Crippen LogP contribution in [-0.4, -0.2) is 13.1 Å². The first kappa shape index (κ1) is 14.2. The molecule has 0 saturated carbocycles. The van der Waals surface area contributed by atoms with Crippen LogP contribution in [0.5, 0.6) is 0 Å². The van der Waals surface area contributed by atoms with Gasteiger partial charge in [-0.2, -0.15) is 0 Å². The van der Waals surface area contributed by atoms with E-state index >= 15 is 0 Å². The van der Waals surface area contributed by atoms with Crippen LogP contribution >= 0.6 is 0 Å². The van der Waals surface area contributed by atoms with Gasteiger partial charge in [-0.1, -0.05) is 44.2 Å². The van der Waals surface area contributed by atoms with E-state index in [4.69, 9.17) is 5.73 Å². The van der Waals surface area contributed by atoms with Crippen LogP contribution in [0, 0.1) is 5.41 Å². The lowest BCUT2D eigenvalue weighted by atomic mass is 9.84. The highest BCUT2D eigenvalue weighted by atomic mass is 14.8. The van der Waals surface area contributed by atoms with Crippen LogP contribution in [0.4, 0.5) is 0 Å². The Morgan fingerprint density at radius 1 is 1.12 bits per heavy atom. The quantitative estimate of drug-likeness (QED) is 0.679. The van der Waals surface area contributed by atoms with Crippen molar-refractivity contribution in [1.82, 2.24) is 5.32 Å². The molecule has 0 saturated heterocycles. The summed E-state index contributed by atoms with van der Waals surface area (Å²) in [5.74, 6) is 0. The molecular weight excluding hydrogens is 208 g/mol. The second kappa shape index (κ2) is 7.46. The Labute approximate surface area is 106 Å². The van der Waals surface area contributed by atoms with Crippen molar-refractivity contribution >= 4 is 0 Å². The normalized spacial score (nSPS) is 11.7. The molecule has 96 valence electrons. The van der Waals surface area contributed by atoms with Gasteiger partial charge >= 0.3 is 0 Å². The molecule has 0 spiro atoms. The van der Waals surface area contributed by atoms with E-state index in [-0.39, 0.29) is 0 Å². The van der Waals surface area contributed by atoms with E-state index in [0.717, 1.165) is 26.1 Å². The maximum absolute atomic E-state index is 5.61. The summed E-state index contributed by atoms with van der Waals surface area (Å²) in [7, 11) is 0. The standard InChI is InChI=1S/C15H26N2/c1-15(2,10-11-16)9-6-12-17-13-14-7-4-3-5-8-14/h3-5,7-8,17H,6,9-13,16H2,1-2H3. The second-order valence-electron chi connectivity index (χ2n) is 5.47. The Bertz CT molecular complexity index is 293. The average molecular weight is 234 g/mol. The number of nitrogens with two attached hydrogens (primary N) is 1. The highest BCUT2D eigenvalue weighted by Gasteiger charge is 2.15. The van der Waals surface area contributed by atoms with Gasteiger partial charge < -0.3 is 11.1 Å². The molecule has 1 aromatic carbocycles. The van der Waals surface area contributed by atoms with Crippen molar-refractivity contribution in [3.8, 4) is 0 Å². The van der Waals surface area contributed by atoms with E-state index in [0.29, 0.717) is 5.41 Å². The highest BCUT2D eigenvalue weighted by Crippen LogP contribution is 2.25. The molecule has 0 unspecified atom stereocenters. The largest absolute Gasteiger partial charge is 0.330 e. The second-order valence-corrected chi connectivity index (χ2v) is 5.47. The van der Waals surface area contributed by atoms with Crippen molar-refractivity contribution in [1.29, 1.82) is 0 Å². The monoisotopic (exact) mass is 234 g/mol. The molecule has 0 aliphatic heterocycles. The molecule has 1 rings (SSSR count). The Morgan fingerprint density at radius 3 is 2.47 bits per heavy atom. The molecule has 1 aromatic rings. The fraction of sp³-hybridized carbons (Fsp3) is 0.600. The summed E-state index contributed by atoms with van der Waals surface area (Å²) in [6, 6.07) is 10.5. The molecule has 0 bridgehead atoms. The minimum atomic E-state index is 0.392. The van der Waals surface area contributed by atoms with Gasteiger partial charge in [-0.15, -0.1) is 0 Å². The van der Waals surface area contributed by atoms with E-state index in [9.17, 15) is 0 Å². The summed E-state index contributed by atoms with van der Waals surface area (Å²) < 4.78 is 0. The maximum atomic E-state index is 5.61. The Hall–Kier alpha value is -0.860. The molecule has 3 N–H and O–H groups in total. The summed E-state index contributed by atoms with van der Waals surface area (Å²) >= 11 is 0. The molecule has 0 atom stereocenters. The highest BCUT2D eigenvalue weighted by molar-refractivity contribution is 5.14. The van der Waals surface area contributed by atoms with Crippen molar-refractivity contribution in [3.05, 3.63) is 35.9 Å². The molecule has 2 nitrogen and oxygen atoms in total. The van der Waals surface area contributed by atoms with Gasteiger partial charge in [0.05, 0.1) is 0 Å². The minimum absolute atomic E-state index is 0.392. The van der Waals surface area contributed by atoms with Crippen molar-refractivity contribution < 1.29 is 0 Å². The zero-order valence-electron chi connectivity index (χ0n) is 11.2. The molecule has 0 aliphatic rings. The van der Waals surface area contributed by atoms with Crippen molar-refractivity contribution in [2.45, 2.75) is 39.7 Å². The van der Waals surface area contributed by atoms with E-state index < -0.39 is 0 Å². The zero-order chi connectivity index (χ0) is 12.6. The summed E-state index contributed by atoms with van der Waals surface area (Å²) in [5.41, 5.74) is 7.35. The van der Waals surface area contributed by atoms with Crippen LogP contribution in [0.3, 0.4) is 0 Å². The van der Waals surface area contributed by atoms with Gasteiger partial charge in [-0.3, -0.25) is 0 Å². The third-order valence-corrected chi connectivity index (χ3v) is 3.20. The summed E-state index contributed by atoms with van der Waals surface area (Å²) in [4.78, 5) is 0. The minimum Gasteiger partial charge on any atom is -0.330 e. The first-order valence-corrected chi connectivity index (χ1v) is 6.59. The summed E-state index contributed by atoms with van der Waals surface area (Å²) in [5, 5.41) is 3.49. The number of hydrogen-bond acceptors (Lipinski definition) is 2. The first-order chi connectivity index (χ1) is 8.14. The van der Waals surface area contributed by atoms with Crippen LogP contribution in [0.2, 0.25) is 0 Å². The number of rotatable bonds is 8. The van der Waals surface area contributed by atoms with Crippen LogP contribution in [0.1, 0.15) is 38.7 Å². The van der Waals surface area contributed by atoms with E-state index in [1.165, 1.54) is 18.4 Å². The van der Waals surface area contributed by atoms with Gasteiger partial charge in [0.15, 0.2) is 0 Å². The predicted octanol–water partition coefficient (Wildman–Crippen LogP) is 2.93. The number of nitrogens with one attached hydrogen (secondary N) is 1. The summed E-state index contributed by atoms with van der Waals surface area (Å²) in [6.45, 7) is 7.46. The SMILES string of the molecule is CC(C)(CCN)CCCNCc1ccccc1. The van der Waals surface area contributed by atoms with Crippen molar-refractivity contribution in [2.75, 3.05) is 13.1 Å². The van der Waals surface area contributed by atoms with E-state index in [1.807, 2.05) is 0 Å². The lowest BCUT2D eigenvalue weighted by molar-refractivity contribution is 0.302. The van der Waals surface area contributed by atoms with Crippen LogP contribution in [-0.2, 0) is 6.54 Å². The third-order valence-electron chi connectivity index (χ3n) is 3.20. The molecule has 0 fully saturated rings. The van der Waals surface area contributed by atoms with Gasteiger partial charge in [0.25, 0.3) is 0 Å². The fourth-order valence-corrected chi connectivity index (χ4v) is 2.04. The maximum Gasteiger partial charge on any atom is 0.0205 e. The van der Waals surface area contributed by atoms with Gasteiger partial charge in [0.1, 0.15) is 0 Å². The average Bonchev–Trinajstić information content (AvgIpc) is 2.30. The van der Waals surface area contributed by atoms with E-state index in [2.05, 4.69) is 49.5 Å². The molecule has 0 amide bonds. The first-order valence-electron chi connectivity index (χ1n) is 6.59. The molecular formula is C15H26N2. The van der Waals surface area contributed by atoms with Crippen LogP contribution in [0.15, 0.2) is 30.3 Å².